The molecular weight excluding hydrogens is 1370 g/mol. The summed E-state index contributed by atoms with van der Waals surface area (Å²) in [6.45, 7) is 5.40. The first-order chi connectivity index (χ1) is 50.0. The Morgan fingerprint density at radius 1 is 0.552 bits per heavy atom. The number of para-hydroxylation sites is 1. The summed E-state index contributed by atoms with van der Waals surface area (Å²) < 4.78 is 0. The van der Waals surface area contributed by atoms with E-state index in [1.165, 1.54) is 43.0 Å². The van der Waals surface area contributed by atoms with Crippen LogP contribution in [0.2, 0.25) is 5.02 Å². The van der Waals surface area contributed by atoms with Gasteiger partial charge in [0.15, 0.2) is 11.9 Å². The van der Waals surface area contributed by atoms with Crippen molar-refractivity contribution in [2.45, 2.75) is 159 Å². The number of aromatic hydroxyl groups is 1. The molecule has 0 spiro atoms. The van der Waals surface area contributed by atoms with Gasteiger partial charge in [-0.25, -0.2) is 0 Å². The van der Waals surface area contributed by atoms with Gasteiger partial charge in [0, 0.05) is 74.4 Å². The molecule has 0 bridgehead atoms. The highest BCUT2D eigenvalue weighted by Crippen LogP contribution is 2.24. The lowest BCUT2D eigenvalue weighted by Crippen LogP contribution is -2.61. The van der Waals surface area contributed by atoms with Gasteiger partial charge in [-0.2, -0.15) is 0 Å². The third kappa shape index (κ3) is 25.0. The summed E-state index contributed by atoms with van der Waals surface area (Å²) >= 11 is 6.26. The zero-order valence-electron chi connectivity index (χ0n) is 58.9. The van der Waals surface area contributed by atoms with Crippen molar-refractivity contribution < 1.29 is 63.0 Å². The van der Waals surface area contributed by atoms with Crippen LogP contribution < -0.4 is 75.7 Å². The number of aromatic nitrogens is 1. The van der Waals surface area contributed by atoms with Gasteiger partial charge in [0.25, 0.3) is 0 Å². The highest BCUT2D eigenvalue weighted by atomic mass is 35.5. The number of guanidine groups is 2. The van der Waals surface area contributed by atoms with Crippen molar-refractivity contribution in [1.29, 1.82) is 10.8 Å². The number of aliphatic hydroxyl groups is 1. The molecule has 1 aromatic heterocycles. The maximum atomic E-state index is 15.0. The zero-order valence-corrected chi connectivity index (χ0v) is 59.7. The van der Waals surface area contributed by atoms with E-state index >= 15 is 4.79 Å². The number of benzene rings is 5. The molecule has 105 heavy (non-hydrogen) atoms. The van der Waals surface area contributed by atoms with Crippen LogP contribution in [-0.4, -0.2) is 184 Å². The number of amides is 11. The van der Waals surface area contributed by atoms with E-state index in [-0.39, 0.29) is 101 Å². The summed E-state index contributed by atoms with van der Waals surface area (Å²) in [5.41, 5.74) is 19.3. The average Bonchev–Trinajstić information content (AvgIpc) is 1.81. The first kappa shape index (κ1) is 81.0. The number of aliphatic hydroxyl groups excluding tert-OH is 1. The first-order valence-corrected chi connectivity index (χ1v) is 35.0. The molecule has 0 unspecified atom stereocenters. The zero-order chi connectivity index (χ0) is 76.4. The second kappa shape index (κ2) is 39.3. The van der Waals surface area contributed by atoms with Crippen LogP contribution in [0.1, 0.15) is 94.9 Å². The van der Waals surface area contributed by atoms with Gasteiger partial charge in [0.05, 0.1) is 6.61 Å². The number of fused-ring (bicyclic) bond motifs is 2. The van der Waals surface area contributed by atoms with Crippen molar-refractivity contribution in [3.63, 3.8) is 0 Å². The monoisotopic (exact) mass is 1470 g/mol. The quantitative estimate of drug-likeness (QED) is 0.0142. The minimum absolute atomic E-state index is 0.00889. The number of carbonyl (C=O) groups is 11. The second-order valence-electron chi connectivity index (χ2n) is 26.4. The van der Waals surface area contributed by atoms with Crippen LogP contribution in [0.15, 0.2) is 121 Å². The van der Waals surface area contributed by atoms with Crippen LogP contribution in [0, 0.1) is 16.7 Å². The lowest BCUT2D eigenvalue weighted by Gasteiger charge is -2.31. The summed E-state index contributed by atoms with van der Waals surface area (Å²) in [4.78, 5) is 161. The van der Waals surface area contributed by atoms with Crippen LogP contribution in [0.25, 0.3) is 21.7 Å². The minimum Gasteiger partial charge on any atom is -0.508 e. The lowest BCUT2D eigenvalue weighted by molar-refractivity contribution is -0.142. The van der Waals surface area contributed by atoms with Gasteiger partial charge in [-0.05, 0) is 121 Å². The maximum Gasteiger partial charge on any atom is 0.245 e. The molecule has 5 aromatic carbocycles. The predicted molar refractivity (Wildman–Crippen MR) is 394 cm³/mol. The average molecular weight is 1470 g/mol. The third-order valence-electron chi connectivity index (χ3n) is 17.7. The van der Waals surface area contributed by atoms with E-state index in [2.05, 4.69) is 63.5 Å². The summed E-state index contributed by atoms with van der Waals surface area (Å²) in [6, 6.07) is 18.5. The molecule has 7 rings (SSSR count). The molecule has 1 saturated heterocycles. The van der Waals surface area contributed by atoms with Gasteiger partial charge >= 0.3 is 0 Å². The number of phenols is 1. The largest absolute Gasteiger partial charge is 0.508 e. The number of likely N-dealkylation sites (tertiary alicyclic amines) is 1. The van der Waals surface area contributed by atoms with Gasteiger partial charge < -0.3 is 95.8 Å². The fourth-order valence-corrected chi connectivity index (χ4v) is 12.3. The molecule has 0 radical (unpaired) electrons. The number of nitrogens with two attached hydrogens (primary N) is 3. The molecule has 31 nitrogen and oxygen atoms in total. The summed E-state index contributed by atoms with van der Waals surface area (Å²) in [6.07, 6.45) is 1.67. The third-order valence-corrected chi connectivity index (χ3v) is 17.9. The Morgan fingerprint density at radius 2 is 1.02 bits per heavy atom. The van der Waals surface area contributed by atoms with Gasteiger partial charge in [-0.15, -0.1) is 0 Å². The number of phenolic OH excluding ortho intramolecular Hbond substituents is 1. The van der Waals surface area contributed by atoms with E-state index in [1.807, 2.05) is 42.5 Å². The van der Waals surface area contributed by atoms with E-state index in [1.54, 1.807) is 68.6 Å². The number of halogens is 1. The molecule has 6 aromatic rings. The van der Waals surface area contributed by atoms with Crippen molar-refractivity contribution in [2.75, 3.05) is 26.2 Å². The van der Waals surface area contributed by atoms with Crippen molar-refractivity contribution in [1.82, 2.24) is 68.4 Å². The number of nitrogens with one attached hydrogen (secondary N) is 14. The predicted octanol–water partition coefficient (Wildman–Crippen LogP) is 0.395. The number of aromatic amines is 1. The molecule has 11 amide bonds. The number of rotatable bonds is 38. The molecule has 1 aliphatic rings. The van der Waals surface area contributed by atoms with Crippen LogP contribution in [0.4, 0.5) is 0 Å². The molecule has 10 atom stereocenters. The summed E-state index contributed by atoms with van der Waals surface area (Å²) in [5.74, 6) is -10.2. The maximum absolute atomic E-state index is 15.0. The SMILES string of the molecule is CC(=O)N[C@H](Cc1ccc2ccccc2c1)C(=O)N[C@H](Cc1ccc(Cl)cc1)C(=O)N[C@H](Cc1c[nH]c2ccccc12)C(=O)N[C@@H](CO)C(=O)N[C@@H](Cc1ccc(O)cc1)C(=O)N[C@H](CCCNC(=N)N)C(=O)N[C@@H](CC(C)C)C(=O)N[C@@H](CCCNC(=N)N)C(=O)N1CCC[C@H]1C(=O)N[C@H](C)C(N)=O. The number of carbonyl (C=O) groups excluding carboxylic acids is 11. The van der Waals surface area contributed by atoms with Crippen molar-refractivity contribution in [3.05, 3.63) is 149 Å². The Hall–Kier alpha value is -11.3. The van der Waals surface area contributed by atoms with Gasteiger partial charge in [0.2, 0.25) is 65.0 Å². The molecule has 1 aliphatic heterocycles. The number of hydrogen-bond acceptors (Lipinski definition) is 15. The molecular formula is C73H95ClN18O13. The smallest absolute Gasteiger partial charge is 0.245 e. The van der Waals surface area contributed by atoms with E-state index in [9.17, 15) is 58.2 Å². The fourth-order valence-electron chi connectivity index (χ4n) is 12.2. The molecule has 22 N–H and O–H groups in total. The molecule has 2 heterocycles. The standard InChI is InChI=1S/C73H95ClN18O13/c1-40(2)32-55(64(98)86-54(17-10-30-81-73(78)79)71(105)92-31-11-18-61(92)70(104)83-41(3)62(75)96)87-63(97)53(16-9-29-80-72(76)77)85-66(100)57(35-44-22-27-50(95)28-23-44)89-69(103)60(39-93)91-68(102)59(37-48-38-82-52-15-8-7-14-51(48)52)90-67(101)58(34-43-20-25-49(74)26-21-43)88-65(99)56(84-42(4)94)36-45-19-24-46-12-5-6-13-47(46)33-45/h5-8,12-15,19-28,33,38,40-41,53-61,82,93,95H,9-11,16-18,29-32,34-37,39H2,1-4H3,(H2,75,96)(H,83,104)(H,84,94)(H,85,100)(H,86,98)(H,87,97)(H,88,99)(H,89,103)(H,90,101)(H,91,102)(H4,76,77,80)(H4,78,79,81)/t41-,53-,54+,55+,56-,57+,58-,59-,60+,61+/m1/s1. The van der Waals surface area contributed by atoms with Crippen molar-refractivity contribution in [2.24, 2.45) is 23.1 Å². The Balaban J connectivity index is 1.15. The van der Waals surface area contributed by atoms with E-state index in [0.29, 0.717) is 44.6 Å². The molecule has 0 saturated carbocycles. The van der Waals surface area contributed by atoms with E-state index in [0.717, 1.165) is 10.8 Å². The minimum atomic E-state index is -1.85. The molecule has 562 valence electrons. The molecule has 1 fully saturated rings. The Kier molecular flexibility index (Phi) is 30.3. The van der Waals surface area contributed by atoms with Crippen LogP contribution >= 0.6 is 11.6 Å². The summed E-state index contributed by atoms with van der Waals surface area (Å²) in [5, 5.41) is 69.0. The topological polar surface area (TPSA) is 505 Å². The first-order valence-electron chi connectivity index (χ1n) is 34.7. The normalized spacial score (nSPS) is 15.2. The Bertz CT molecular complexity index is 4080. The highest BCUT2D eigenvalue weighted by Gasteiger charge is 2.40. The van der Waals surface area contributed by atoms with Crippen LogP contribution in [0.3, 0.4) is 0 Å². The van der Waals surface area contributed by atoms with E-state index < -0.39 is 138 Å². The second-order valence-corrected chi connectivity index (χ2v) is 26.9. The molecule has 32 heteroatoms. The van der Waals surface area contributed by atoms with Crippen LogP contribution in [0.5, 0.6) is 5.75 Å². The number of nitrogens with zero attached hydrogens (tertiary/aromatic N) is 1. The van der Waals surface area contributed by atoms with Crippen molar-refractivity contribution in [3.8, 4) is 5.75 Å². The van der Waals surface area contributed by atoms with Gasteiger partial charge in [0.1, 0.15) is 66.2 Å². The van der Waals surface area contributed by atoms with Gasteiger partial charge in [-0.1, -0.05) is 110 Å². The summed E-state index contributed by atoms with van der Waals surface area (Å²) in [7, 11) is 0. The van der Waals surface area contributed by atoms with Crippen LogP contribution in [-0.2, 0) is 78.4 Å². The number of H-pyrrole nitrogens is 1. The fraction of sp³-hybridized carbons (Fsp3) is 0.411. The number of hydrogen-bond donors (Lipinski definition) is 19. The molecule has 0 aliphatic carbocycles. The Morgan fingerprint density at radius 3 is 1.59 bits per heavy atom. The lowest BCUT2D eigenvalue weighted by atomic mass is 9.99. The highest BCUT2D eigenvalue weighted by molar-refractivity contribution is 6.30. The number of primary amides is 1. The van der Waals surface area contributed by atoms with E-state index in [4.69, 9.17) is 39.6 Å². The Labute approximate surface area is 612 Å². The van der Waals surface area contributed by atoms with Crippen molar-refractivity contribution >= 4 is 110 Å². The van der Waals surface area contributed by atoms with Gasteiger partial charge in [-0.3, -0.25) is 63.6 Å².